The van der Waals surface area contributed by atoms with E-state index in [0.29, 0.717) is 5.75 Å². The molecule has 0 aliphatic heterocycles. The van der Waals surface area contributed by atoms with Gasteiger partial charge in [0.1, 0.15) is 6.61 Å². The highest BCUT2D eigenvalue weighted by Gasteiger charge is 2.00. The van der Waals surface area contributed by atoms with E-state index in [1.165, 1.54) is 18.6 Å². The Morgan fingerprint density at radius 3 is 2.69 bits per heavy atom. The zero-order valence-corrected chi connectivity index (χ0v) is 7.87. The minimum absolute atomic E-state index is 0.178. The van der Waals surface area contributed by atoms with Gasteiger partial charge in [0, 0.05) is 6.26 Å². The quantitative estimate of drug-likeness (QED) is 0.513. The Morgan fingerprint density at radius 2 is 2.23 bits per heavy atom. The van der Waals surface area contributed by atoms with Gasteiger partial charge in [-0.3, -0.25) is 4.21 Å². The van der Waals surface area contributed by atoms with Gasteiger partial charge in [0.15, 0.2) is 5.75 Å². The van der Waals surface area contributed by atoms with Crippen LogP contribution in [-0.4, -0.2) is 27.0 Å². The zero-order valence-electron chi connectivity index (χ0n) is 7.06. The van der Waals surface area contributed by atoms with Crippen molar-refractivity contribution in [1.82, 2.24) is 9.97 Å². The topological polar surface area (TPSA) is 52.1 Å². The molecular formula is C8H8N2O2S. The van der Waals surface area contributed by atoms with Crippen molar-refractivity contribution in [2.75, 3.05) is 12.9 Å². The van der Waals surface area contributed by atoms with Crippen molar-refractivity contribution in [3.8, 4) is 18.1 Å². The fourth-order valence-electron chi connectivity index (χ4n) is 0.652. The third-order valence-electron chi connectivity index (χ3n) is 1.18. The Hall–Kier alpha value is -1.41. The van der Waals surface area contributed by atoms with Gasteiger partial charge in [0.05, 0.1) is 23.2 Å². The fourth-order valence-corrected chi connectivity index (χ4v) is 1.05. The normalized spacial score (nSPS) is 11.7. The lowest BCUT2D eigenvalue weighted by atomic mass is 10.6. The molecule has 1 unspecified atom stereocenters. The molecule has 0 radical (unpaired) electrons. The highest BCUT2D eigenvalue weighted by atomic mass is 32.2. The molecule has 0 saturated carbocycles. The van der Waals surface area contributed by atoms with Crippen molar-refractivity contribution in [3.05, 3.63) is 12.4 Å². The van der Waals surface area contributed by atoms with Crippen LogP contribution in [-0.2, 0) is 10.8 Å². The van der Waals surface area contributed by atoms with E-state index in [4.69, 9.17) is 11.2 Å². The molecule has 1 rings (SSSR count). The van der Waals surface area contributed by atoms with Gasteiger partial charge in [0.2, 0.25) is 5.16 Å². The van der Waals surface area contributed by atoms with Crippen LogP contribution in [0.3, 0.4) is 0 Å². The summed E-state index contributed by atoms with van der Waals surface area (Å²) >= 11 is 0. The molecule has 1 heterocycles. The standard InChI is InChI=1S/C8H8N2O2S/c1-3-4-12-7-5-9-8(10-6-7)13(2)11/h1,5-6H,4H2,2H3. The predicted molar refractivity (Wildman–Crippen MR) is 48.7 cm³/mol. The van der Waals surface area contributed by atoms with E-state index < -0.39 is 10.8 Å². The molecule has 1 aromatic rings. The first-order chi connectivity index (χ1) is 6.24. The van der Waals surface area contributed by atoms with Gasteiger partial charge in [0.25, 0.3) is 0 Å². The summed E-state index contributed by atoms with van der Waals surface area (Å²) in [6, 6.07) is 0. The van der Waals surface area contributed by atoms with Crippen molar-refractivity contribution in [1.29, 1.82) is 0 Å². The highest BCUT2D eigenvalue weighted by Crippen LogP contribution is 2.06. The molecule has 13 heavy (non-hydrogen) atoms. The van der Waals surface area contributed by atoms with Crippen molar-refractivity contribution in [2.45, 2.75) is 5.16 Å². The summed E-state index contributed by atoms with van der Waals surface area (Å²) in [4.78, 5) is 7.65. The van der Waals surface area contributed by atoms with Gasteiger partial charge in [-0.1, -0.05) is 5.92 Å². The van der Waals surface area contributed by atoms with E-state index in [-0.39, 0.29) is 11.8 Å². The van der Waals surface area contributed by atoms with Crippen LogP contribution in [0, 0.1) is 12.3 Å². The van der Waals surface area contributed by atoms with E-state index in [1.54, 1.807) is 0 Å². The number of nitrogens with zero attached hydrogens (tertiary/aromatic N) is 2. The van der Waals surface area contributed by atoms with Gasteiger partial charge < -0.3 is 4.74 Å². The van der Waals surface area contributed by atoms with E-state index >= 15 is 0 Å². The van der Waals surface area contributed by atoms with Crippen LogP contribution < -0.4 is 4.74 Å². The number of terminal acetylenes is 1. The Morgan fingerprint density at radius 1 is 1.62 bits per heavy atom. The maximum atomic E-state index is 10.9. The Kier molecular flexibility index (Phi) is 3.41. The first-order valence-electron chi connectivity index (χ1n) is 3.46. The molecule has 5 heteroatoms. The Labute approximate surface area is 78.8 Å². The predicted octanol–water partition coefficient (Wildman–Crippen LogP) is 0.226. The van der Waals surface area contributed by atoms with Crippen molar-refractivity contribution >= 4 is 10.8 Å². The van der Waals surface area contributed by atoms with Crippen molar-refractivity contribution < 1.29 is 8.95 Å². The monoisotopic (exact) mass is 196 g/mol. The molecule has 0 fully saturated rings. The highest BCUT2D eigenvalue weighted by molar-refractivity contribution is 7.84. The Balaban J connectivity index is 2.71. The molecule has 0 aromatic carbocycles. The van der Waals surface area contributed by atoms with E-state index in [2.05, 4.69) is 15.9 Å². The second-order valence-corrected chi connectivity index (χ2v) is 3.42. The Bertz CT molecular complexity index is 342. The number of hydrogen-bond acceptors (Lipinski definition) is 4. The summed E-state index contributed by atoms with van der Waals surface area (Å²) in [7, 11) is -1.16. The lowest BCUT2D eigenvalue weighted by Crippen LogP contribution is -1.99. The first-order valence-corrected chi connectivity index (χ1v) is 5.01. The average Bonchev–Trinajstić information content (AvgIpc) is 2.15. The largest absolute Gasteiger partial charge is 0.478 e. The number of aromatic nitrogens is 2. The second kappa shape index (κ2) is 4.58. The third-order valence-corrected chi connectivity index (χ3v) is 1.91. The van der Waals surface area contributed by atoms with Crippen LogP contribution in [0.4, 0.5) is 0 Å². The fraction of sp³-hybridized carbons (Fsp3) is 0.250. The molecule has 0 saturated heterocycles. The number of hydrogen-bond donors (Lipinski definition) is 0. The van der Waals surface area contributed by atoms with Gasteiger partial charge in [-0.25, -0.2) is 9.97 Å². The summed E-state index contributed by atoms with van der Waals surface area (Å²) in [5, 5.41) is 0.285. The van der Waals surface area contributed by atoms with Crippen LogP contribution in [0.1, 0.15) is 0 Å². The molecule has 4 nitrogen and oxygen atoms in total. The second-order valence-electron chi connectivity index (χ2n) is 2.15. The van der Waals surface area contributed by atoms with Crippen LogP contribution in [0.15, 0.2) is 17.6 Å². The number of rotatable bonds is 3. The third kappa shape index (κ3) is 2.84. The number of ether oxygens (including phenoxy) is 1. The maximum absolute atomic E-state index is 10.9. The molecular weight excluding hydrogens is 188 g/mol. The zero-order chi connectivity index (χ0) is 9.68. The van der Waals surface area contributed by atoms with E-state index in [1.807, 2.05) is 0 Å². The van der Waals surface area contributed by atoms with Gasteiger partial charge in [-0.2, -0.15) is 0 Å². The molecule has 0 bridgehead atoms. The van der Waals surface area contributed by atoms with E-state index in [9.17, 15) is 4.21 Å². The summed E-state index contributed by atoms with van der Waals surface area (Å²) in [6.45, 7) is 0.178. The lowest BCUT2D eigenvalue weighted by molar-refractivity contribution is 0.365. The SMILES string of the molecule is C#CCOc1cnc(S(C)=O)nc1. The van der Waals surface area contributed by atoms with Crippen LogP contribution in [0.25, 0.3) is 0 Å². The minimum Gasteiger partial charge on any atom is -0.478 e. The molecule has 1 atom stereocenters. The maximum Gasteiger partial charge on any atom is 0.218 e. The van der Waals surface area contributed by atoms with Crippen molar-refractivity contribution in [2.24, 2.45) is 0 Å². The smallest absolute Gasteiger partial charge is 0.218 e. The average molecular weight is 196 g/mol. The molecule has 0 aliphatic carbocycles. The molecule has 1 aromatic heterocycles. The minimum atomic E-state index is -1.16. The lowest BCUT2D eigenvalue weighted by Gasteiger charge is -2.00. The van der Waals surface area contributed by atoms with Gasteiger partial charge in [-0.15, -0.1) is 6.42 Å². The van der Waals surface area contributed by atoms with Gasteiger partial charge >= 0.3 is 0 Å². The molecule has 0 amide bonds. The summed E-state index contributed by atoms with van der Waals surface area (Å²) in [6.07, 6.45) is 9.39. The molecule has 0 aliphatic rings. The molecule has 0 spiro atoms. The van der Waals surface area contributed by atoms with Crippen LogP contribution in [0.5, 0.6) is 5.75 Å². The van der Waals surface area contributed by atoms with Crippen LogP contribution in [0.2, 0.25) is 0 Å². The van der Waals surface area contributed by atoms with Gasteiger partial charge in [-0.05, 0) is 0 Å². The molecule has 0 N–H and O–H groups in total. The van der Waals surface area contributed by atoms with E-state index in [0.717, 1.165) is 0 Å². The molecule has 68 valence electrons. The summed E-state index contributed by atoms with van der Waals surface area (Å²) in [5.41, 5.74) is 0. The summed E-state index contributed by atoms with van der Waals surface area (Å²) in [5.74, 6) is 2.79. The van der Waals surface area contributed by atoms with Crippen molar-refractivity contribution in [3.63, 3.8) is 0 Å². The first kappa shape index (κ1) is 9.68. The summed E-state index contributed by atoms with van der Waals surface area (Å²) < 4.78 is 15.9. The van der Waals surface area contributed by atoms with Crippen LogP contribution >= 0.6 is 0 Å².